The second kappa shape index (κ2) is 7.97. The number of aryl methyl sites for hydroxylation is 2. The van der Waals surface area contributed by atoms with Crippen molar-refractivity contribution in [1.82, 2.24) is 10.5 Å². The molecule has 1 aromatic carbocycles. The van der Waals surface area contributed by atoms with Gasteiger partial charge in [0, 0.05) is 12.0 Å². The summed E-state index contributed by atoms with van der Waals surface area (Å²) in [5.41, 5.74) is 2.55. The smallest absolute Gasteiger partial charge is 0.254 e. The topological polar surface area (TPSA) is 84.2 Å². The van der Waals surface area contributed by atoms with E-state index in [0.717, 1.165) is 17.0 Å². The Morgan fingerprint density at radius 3 is 2.71 bits per heavy atom. The molecule has 24 heavy (non-hydrogen) atoms. The van der Waals surface area contributed by atoms with Gasteiger partial charge in [0.05, 0.1) is 23.5 Å². The second-order valence-electron chi connectivity index (χ2n) is 5.28. The van der Waals surface area contributed by atoms with E-state index in [0.29, 0.717) is 17.7 Å². The number of benzene rings is 1. The van der Waals surface area contributed by atoms with Gasteiger partial charge in [0.25, 0.3) is 5.91 Å². The van der Waals surface area contributed by atoms with Gasteiger partial charge in [-0.3, -0.25) is 9.59 Å². The molecule has 0 saturated heterocycles. The number of para-hydroxylation sites is 1. The van der Waals surface area contributed by atoms with E-state index in [1.165, 1.54) is 0 Å². The van der Waals surface area contributed by atoms with Crippen molar-refractivity contribution in [2.24, 2.45) is 0 Å². The van der Waals surface area contributed by atoms with E-state index < -0.39 is 0 Å². The molecule has 0 fully saturated rings. The average molecular weight is 325 g/mol. The number of nitrogens with zero attached hydrogens (tertiary/aromatic N) is 1. The van der Waals surface area contributed by atoms with Crippen LogP contribution in [0.3, 0.4) is 0 Å². The molecule has 0 radical (unpaired) electrons. The zero-order valence-electron chi connectivity index (χ0n) is 13.7. The standard InChI is InChI=1S/C18H19N3O3/c1-4-11-19-18(23)15-7-5-6-8-16(15)20-17(22)10-9-14-12(2)21-24-13(14)3/h1,5-8H,9-11H2,2-3H3,(H,19,23)(H,20,22). The van der Waals surface area contributed by atoms with Crippen molar-refractivity contribution in [1.29, 1.82) is 0 Å². The summed E-state index contributed by atoms with van der Waals surface area (Å²) in [6, 6.07) is 6.79. The molecule has 1 aromatic heterocycles. The molecule has 2 amide bonds. The number of aromatic nitrogens is 1. The van der Waals surface area contributed by atoms with Crippen LogP contribution in [0.1, 0.15) is 33.8 Å². The number of amides is 2. The van der Waals surface area contributed by atoms with Crippen LogP contribution in [0.5, 0.6) is 0 Å². The molecular formula is C18H19N3O3. The molecule has 0 aliphatic rings. The Balaban J connectivity index is 2.02. The van der Waals surface area contributed by atoms with Crippen LogP contribution >= 0.6 is 0 Å². The van der Waals surface area contributed by atoms with Crippen LogP contribution in [0.15, 0.2) is 28.8 Å². The van der Waals surface area contributed by atoms with Crippen molar-refractivity contribution in [3.05, 3.63) is 46.8 Å². The number of rotatable bonds is 6. The van der Waals surface area contributed by atoms with Crippen molar-refractivity contribution in [3.63, 3.8) is 0 Å². The first-order chi connectivity index (χ1) is 11.5. The molecular weight excluding hydrogens is 306 g/mol. The molecule has 6 nitrogen and oxygen atoms in total. The fourth-order valence-electron chi connectivity index (χ4n) is 2.33. The van der Waals surface area contributed by atoms with E-state index >= 15 is 0 Å². The van der Waals surface area contributed by atoms with Gasteiger partial charge in [0.15, 0.2) is 0 Å². The van der Waals surface area contributed by atoms with E-state index in [-0.39, 0.29) is 24.8 Å². The Morgan fingerprint density at radius 1 is 1.29 bits per heavy atom. The van der Waals surface area contributed by atoms with Gasteiger partial charge < -0.3 is 15.2 Å². The maximum atomic E-state index is 12.2. The minimum atomic E-state index is -0.324. The largest absolute Gasteiger partial charge is 0.361 e. The van der Waals surface area contributed by atoms with Crippen molar-refractivity contribution in [3.8, 4) is 12.3 Å². The third kappa shape index (κ3) is 4.23. The number of nitrogens with one attached hydrogen (secondary N) is 2. The van der Waals surface area contributed by atoms with Gasteiger partial charge in [0.2, 0.25) is 5.91 Å². The monoisotopic (exact) mass is 325 g/mol. The lowest BCUT2D eigenvalue weighted by atomic mass is 10.1. The molecule has 0 spiro atoms. The van der Waals surface area contributed by atoms with Gasteiger partial charge in [-0.2, -0.15) is 0 Å². The first-order valence-electron chi connectivity index (χ1n) is 7.55. The van der Waals surface area contributed by atoms with Crippen LogP contribution in [-0.4, -0.2) is 23.5 Å². The van der Waals surface area contributed by atoms with Crippen LogP contribution in [0.2, 0.25) is 0 Å². The summed E-state index contributed by atoms with van der Waals surface area (Å²) in [7, 11) is 0. The zero-order chi connectivity index (χ0) is 17.5. The highest BCUT2D eigenvalue weighted by molar-refractivity contribution is 6.03. The summed E-state index contributed by atoms with van der Waals surface area (Å²) in [6.45, 7) is 3.79. The lowest BCUT2D eigenvalue weighted by Crippen LogP contribution is -2.25. The Hall–Kier alpha value is -3.07. The van der Waals surface area contributed by atoms with Gasteiger partial charge >= 0.3 is 0 Å². The lowest BCUT2D eigenvalue weighted by molar-refractivity contribution is -0.116. The van der Waals surface area contributed by atoms with Crippen LogP contribution < -0.4 is 10.6 Å². The lowest BCUT2D eigenvalue weighted by Gasteiger charge is -2.10. The third-order valence-corrected chi connectivity index (χ3v) is 3.58. The highest BCUT2D eigenvalue weighted by Gasteiger charge is 2.14. The predicted molar refractivity (Wildman–Crippen MR) is 90.5 cm³/mol. The minimum Gasteiger partial charge on any atom is -0.361 e. The molecule has 2 N–H and O–H groups in total. The van der Waals surface area contributed by atoms with Gasteiger partial charge in [-0.1, -0.05) is 23.2 Å². The van der Waals surface area contributed by atoms with E-state index in [1.807, 2.05) is 13.8 Å². The predicted octanol–water partition coefficient (Wildman–Crippen LogP) is 2.23. The van der Waals surface area contributed by atoms with Crippen LogP contribution in [0, 0.1) is 26.2 Å². The third-order valence-electron chi connectivity index (χ3n) is 3.58. The number of anilines is 1. The summed E-state index contributed by atoms with van der Waals surface area (Å²) >= 11 is 0. The number of hydrogen-bond acceptors (Lipinski definition) is 4. The second-order valence-corrected chi connectivity index (χ2v) is 5.28. The van der Waals surface area contributed by atoms with E-state index in [4.69, 9.17) is 10.9 Å². The average Bonchev–Trinajstić information content (AvgIpc) is 2.89. The van der Waals surface area contributed by atoms with Gasteiger partial charge in [0.1, 0.15) is 5.76 Å². The fourth-order valence-corrected chi connectivity index (χ4v) is 2.33. The minimum absolute atomic E-state index is 0.132. The molecule has 6 heteroatoms. The molecule has 0 saturated carbocycles. The van der Waals surface area contributed by atoms with Crippen molar-refractivity contribution in [2.45, 2.75) is 26.7 Å². The Kier molecular flexibility index (Phi) is 5.74. The molecule has 0 bridgehead atoms. The van der Waals surface area contributed by atoms with E-state index in [2.05, 4.69) is 21.7 Å². The Bertz CT molecular complexity index is 768. The number of carbonyl (C=O) groups excluding carboxylic acids is 2. The van der Waals surface area contributed by atoms with Crippen molar-refractivity contribution in [2.75, 3.05) is 11.9 Å². The van der Waals surface area contributed by atoms with Crippen molar-refractivity contribution < 1.29 is 14.1 Å². The number of hydrogen-bond donors (Lipinski definition) is 2. The molecule has 0 atom stereocenters. The van der Waals surface area contributed by atoms with Gasteiger partial charge in [-0.15, -0.1) is 6.42 Å². The molecule has 0 aliphatic carbocycles. The summed E-state index contributed by atoms with van der Waals surface area (Å²) in [5, 5.41) is 9.22. The Morgan fingerprint density at radius 2 is 2.04 bits per heavy atom. The summed E-state index contributed by atoms with van der Waals surface area (Å²) in [4.78, 5) is 24.3. The summed E-state index contributed by atoms with van der Waals surface area (Å²) in [5.74, 6) is 2.55. The normalized spacial score (nSPS) is 10.0. The van der Waals surface area contributed by atoms with Crippen LogP contribution in [0.25, 0.3) is 0 Å². The molecule has 0 unspecified atom stereocenters. The van der Waals surface area contributed by atoms with Gasteiger partial charge in [-0.25, -0.2) is 0 Å². The zero-order valence-corrected chi connectivity index (χ0v) is 13.7. The number of carbonyl (C=O) groups is 2. The summed E-state index contributed by atoms with van der Waals surface area (Å²) in [6.07, 6.45) is 5.93. The maximum absolute atomic E-state index is 12.2. The molecule has 0 aliphatic heterocycles. The molecule has 124 valence electrons. The van der Waals surface area contributed by atoms with Gasteiger partial charge in [-0.05, 0) is 32.4 Å². The first kappa shape index (κ1) is 17.3. The molecule has 2 rings (SSSR count). The van der Waals surface area contributed by atoms with Crippen LogP contribution in [0.4, 0.5) is 5.69 Å². The summed E-state index contributed by atoms with van der Waals surface area (Å²) < 4.78 is 5.08. The molecule has 1 heterocycles. The molecule has 2 aromatic rings. The van der Waals surface area contributed by atoms with Crippen LogP contribution in [-0.2, 0) is 11.2 Å². The Labute approximate surface area is 140 Å². The highest BCUT2D eigenvalue weighted by Crippen LogP contribution is 2.17. The maximum Gasteiger partial charge on any atom is 0.254 e. The first-order valence-corrected chi connectivity index (χ1v) is 7.55. The quantitative estimate of drug-likeness (QED) is 0.798. The van der Waals surface area contributed by atoms with E-state index in [9.17, 15) is 9.59 Å². The number of terminal acetylenes is 1. The SMILES string of the molecule is C#CCNC(=O)c1ccccc1NC(=O)CCc1c(C)noc1C. The van der Waals surface area contributed by atoms with E-state index in [1.54, 1.807) is 24.3 Å². The fraction of sp³-hybridized carbons (Fsp3) is 0.278. The highest BCUT2D eigenvalue weighted by atomic mass is 16.5. The van der Waals surface area contributed by atoms with Crippen molar-refractivity contribution >= 4 is 17.5 Å².